The van der Waals surface area contributed by atoms with Crippen molar-refractivity contribution in [3.63, 3.8) is 0 Å². The van der Waals surface area contributed by atoms with Crippen molar-refractivity contribution in [2.24, 2.45) is 0 Å². The number of hydrogen-bond donors (Lipinski definition) is 2. The second-order valence-corrected chi connectivity index (χ2v) is 7.54. The zero-order valence-electron chi connectivity index (χ0n) is 11.9. The number of benzene rings is 1. The number of carbonyl (C=O) groups is 1. The van der Waals surface area contributed by atoms with Crippen molar-refractivity contribution in [2.45, 2.75) is 18.7 Å². The minimum atomic E-state index is -3.48. The number of nitrogens with one attached hydrogen (secondary N) is 2. The van der Waals surface area contributed by atoms with E-state index in [-0.39, 0.29) is 35.8 Å². The van der Waals surface area contributed by atoms with E-state index in [9.17, 15) is 17.6 Å². The van der Waals surface area contributed by atoms with E-state index in [1.54, 1.807) is 6.92 Å². The van der Waals surface area contributed by atoms with Crippen LogP contribution in [0.3, 0.4) is 0 Å². The average molecular weight is 334 g/mol. The summed E-state index contributed by atoms with van der Waals surface area (Å²) in [5.41, 5.74) is 0.667. The third-order valence-electron chi connectivity index (χ3n) is 2.80. The molecule has 0 fully saturated rings. The summed E-state index contributed by atoms with van der Waals surface area (Å²) in [6, 6.07) is 5.57. The fourth-order valence-electron chi connectivity index (χ4n) is 1.43. The van der Waals surface area contributed by atoms with Gasteiger partial charge in [0, 0.05) is 13.1 Å². The number of carbonyl (C=O) groups excluding carboxylic acids is 1. The predicted octanol–water partition coefficient (Wildman–Crippen LogP) is 1.11. The van der Waals surface area contributed by atoms with Gasteiger partial charge in [-0.2, -0.15) is 11.8 Å². The van der Waals surface area contributed by atoms with Crippen LogP contribution < -0.4 is 10.0 Å². The highest BCUT2D eigenvalue weighted by Gasteiger charge is 2.13. The minimum absolute atomic E-state index is 0.0580. The maximum Gasteiger partial charge on any atom is 0.232 e. The van der Waals surface area contributed by atoms with Gasteiger partial charge in [0.25, 0.3) is 0 Å². The highest BCUT2D eigenvalue weighted by Crippen LogP contribution is 2.04. The molecule has 0 heterocycles. The van der Waals surface area contributed by atoms with Crippen molar-refractivity contribution < 1.29 is 17.6 Å². The molecule has 0 radical (unpaired) electrons. The molecule has 1 amide bonds. The molecule has 0 aliphatic heterocycles. The van der Waals surface area contributed by atoms with Gasteiger partial charge in [-0.25, -0.2) is 17.5 Å². The van der Waals surface area contributed by atoms with E-state index in [0.717, 1.165) is 0 Å². The third kappa shape index (κ3) is 6.92. The number of halogens is 1. The SMILES string of the molecule is CSC(C)C(=O)NCCS(=O)(=O)NCc1ccc(F)cc1. The lowest BCUT2D eigenvalue weighted by molar-refractivity contribution is -0.120. The summed E-state index contributed by atoms with van der Waals surface area (Å²) in [7, 11) is -3.48. The minimum Gasteiger partial charge on any atom is -0.354 e. The zero-order valence-corrected chi connectivity index (χ0v) is 13.6. The molecule has 0 spiro atoms. The molecule has 0 saturated carbocycles. The summed E-state index contributed by atoms with van der Waals surface area (Å²) >= 11 is 1.39. The third-order valence-corrected chi connectivity index (χ3v) is 5.05. The predicted molar refractivity (Wildman–Crippen MR) is 83.0 cm³/mol. The van der Waals surface area contributed by atoms with Crippen LogP contribution in [-0.4, -0.2) is 38.1 Å². The van der Waals surface area contributed by atoms with Crippen molar-refractivity contribution in [3.05, 3.63) is 35.6 Å². The summed E-state index contributed by atoms with van der Waals surface area (Å²) in [5, 5.41) is 2.36. The molecule has 0 bridgehead atoms. The van der Waals surface area contributed by atoms with E-state index < -0.39 is 10.0 Å². The molecule has 8 heteroatoms. The van der Waals surface area contributed by atoms with Gasteiger partial charge in [0.1, 0.15) is 5.82 Å². The van der Waals surface area contributed by atoms with E-state index in [2.05, 4.69) is 10.0 Å². The normalized spacial score (nSPS) is 12.9. The van der Waals surface area contributed by atoms with Crippen LogP contribution >= 0.6 is 11.8 Å². The Morgan fingerprint density at radius 3 is 2.52 bits per heavy atom. The molecule has 1 atom stereocenters. The number of rotatable bonds is 8. The molecular weight excluding hydrogens is 315 g/mol. The summed E-state index contributed by atoms with van der Waals surface area (Å²) in [5.74, 6) is -0.746. The van der Waals surface area contributed by atoms with Crippen LogP contribution in [0.15, 0.2) is 24.3 Å². The number of amides is 1. The van der Waals surface area contributed by atoms with Crippen molar-refractivity contribution in [1.29, 1.82) is 0 Å². The molecule has 0 saturated heterocycles. The van der Waals surface area contributed by atoms with Gasteiger partial charge in [-0.05, 0) is 30.9 Å². The first kappa shape index (κ1) is 17.9. The van der Waals surface area contributed by atoms with E-state index >= 15 is 0 Å². The number of sulfonamides is 1. The quantitative estimate of drug-likeness (QED) is 0.747. The Kier molecular flexibility index (Phi) is 7.13. The summed E-state index contributed by atoms with van der Waals surface area (Å²) in [6.07, 6.45) is 1.81. The molecule has 21 heavy (non-hydrogen) atoms. The van der Waals surface area contributed by atoms with Crippen LogP contribution in [0.4, 0.5) is 4.39 Å². The van der Waals surface area contributed by atoms with Crippen LogP contribution in [0.25, 0.3) is 0 Å². The Bertz CT molecular complexity index is 561. The van der Waals surface area contributed by atoms with Gasteiger partial charge >= 0.3 is 0 Å². The molecule has 0 aliphatic rings. The highest BCUT2D eigenvalue weighted by molar-refractivity contribution is 7.99. The summed E-state index contributed by atoms with van der Waals surface area (Å²) < 4.78 is 38.6. The molecule has 0 aliphatic carbocycles. The van der Waals surface area contributed by atoms with Gasteiger partial charge < -0.3 is 5.32 Å². The highest BCUT2D eigenvalue weighted by atomic mass is 32.2. The van der Waals surface area contributed by atoms with Crippen LogP contribution in [0.5, 0.6) is 0 Å². The van der Waals surface area contributed by atoms with Crippen LogP contribution in [0, 0.1) is 5.82 Å². The molecule has 1 rings (SSSR count). The number of hydrogen-bond acceptors (Lipinski definition) is 4. The zero-order chi connectivity index (χ0) is 15.9. The Balaban J connectivity index is 2.37. The van der Waals surface area contributed by atoms with E-state index in [0.29, 0.717) is 5.56 Å². The van der Waals surface area contributed by atoms with Crippen molar-refractivity contribution in [1.82, 2.24) is 10.0 Å². The maximum atomic E-state index is 12.7. The van der Waals surface area contributed by atoms with Crippen LogP contribution in [0.1, 0.15) is 12.5 Å². The largest absolute Gasteiger partial charge is 0.354 e. The second-order valence-electron chi connectivity index (χ2n) is 4.44. The first-order valence-corrected chi connectivity index (χ1v) is 9.30. The van der Waals surface area contributed by atoms with Gasteiger partial charge in [0.05, 0.1) is 11.0 Å². The van der Waals surface area contributed by atoms with Gasteiger partial charge in [0.2, 0.25) is 15.9 Å². The van der Waals surface area contributed by atoms with Gasteiger partial charge in [-0.15, -0.1) is 0 Å². The lowest BCUT2D eigenvalue weighted by atomic mass is 10.2. The van der Waals surface area contributed by atoms with E-state index in [4.69, 9.17) is 0 Å². The van der Waals surface area contributed by atoms with Crippen molar-refractivity contribution >= 4 is 27.7 Å². The molecule has 1 unspecified atom stereocenters. The smallest absolute Gasteiger partial charge is 0.232 e. The first-order chi connectivity index (χ1) is 9.84. The lowest BCUT2D eigenvalue weighted by Gasteiger charge is -2.10. The molecule has 1 aromatic rings. The fourth-order valence-corrected chi connectivity index (χ4v) is 2.63. The van der Waals surface area contributed by atoms with E-state index in [1.165, 1.54) is 36.0 Å². The molecule has 0 aromatic heterocycles. The monoisotopic (exact) mass is 334 g/mol. The van der Waals surface area contributed by atoms with Gasteiger partial charge in [-0.1, -0.05) is 12.1 Å². The van der Waals surface area contributed by atoms with Crippen LogP contribution in [-0.2, 0) is 21.4 Å². The van der Waals surface area contributed by atoms with Gasteiger partial charge in [0.15, 0.2) is 0 Å². The standard InChI is InChI=1S/C13H19FN2O3S2/c1-10(20-2)13(17)15-7-8-21(18,19)16-9-11-3-5-12(14)6-4-11/h3-6,10,16H,7-9H2,1-2H3,(H,15,17). The molecule has 118 valence electrons. The van der Waals surface area contributed by atoms with E-state index in [1.807, 2.05) is 6.26 Å². The summed E-state index contributed by atoms with van der Waals surface area (Å²) in [6.45, 7) is 1.90. The summed E-state index contributed by atoms with van der Waals surface area (Å²) in [4.78, 5) is 11.5. The first-order valence-electron chi connectivity index (χ1n) is 6.36. The molecule has 5 nitrogen and oxygen atoms in total. The second kappa shape index (κ2) is 8.35. The molecular formula is C13H19FN2O3S2. The molecule has 2 N–H and O–H groups in total. The Hall–Kier alpha value is -1.12. The van der Waals surface area contributed by atoms with Gasteiger partial charge in [-0.3, -0.25) is 4.79 Å². The topological polar surface area (TPSA) is 75.3 Å². The Labute approximate surface area is 128 Å². The van der Waals surface area contributed by atoms with Crippen molar-refractivity contribution in [2.75, 3.05) is 18.6 Å². The Morgan fingerprint density at radius 2 is 1.95 bits per heavy atom. The Morgan fingerprint density at radius 1 is 1.33 bits per heavy atom. The fraction of sp³-hybridized carbons (Fsp3) is 0.462. The van der Waals surface area contributed by atoms with Crippen molar-refractivity contribution in [3.8, 4) is 0 Å². The number of thioether (sulfide) groups is 1. The lowest BCUT2D eigenvalue weighted by Crippen LogP contribution is -2.37. The maximum absolute atomic E-state index is 12.7. The molecule has 1 aromatic carbocycles. The van der Waals surface area contributed by atoms with Crippen LogP contribution in [0.2, 0.25) is 0 Å². The average Bonchev–Trinajstić information content (AvgIpc) is 2.45.